The van der Waals surface area contributed by atoms with Gasteiger partial charge in [-0.1, -0.05) is 58.3 Å². The molecule has 0 atom stereocenters. The molecule has 0 aliphatic heterocycles. The molecule has 3 N–H and O–H groups in total. The number of ether oxygens (including phenoxy) is 1. The van der Waals surface area contributed by atoms with Gasteiger partial charge in [-0.3, -0.25) is 13.9 Å². The number of hydrogen-bond donors (Lipinski definition) is 3. The number of aliphatic hydroxyl groups is 1. The van der Waals surface area contributed by atoms with Crippen LogP contribution in [0.3, 0.4) is 0 Å². The molecule has 0 aromatic carbocycles. The topological polar surface area (TPSA) is 121 Å². The quantitative estimate of drug-likeness (QED) is 0.209. The van der Waals surface area contributed by atoms with Gasteiger partial charge in [0, 0.05) is 6.42 Å². The molecule has 0 unspecified atom stereocenters. The van der Waals surface area contributed by atoms with Crippen LogP contribution in [0.2, 0.25) is 0 Å². The summed E-state index contributed by atoms with van der Waals surface area (Å²) < 4.78 is 36.4. The fourth-order valence-corrected chi connectivity index (χ4v) is 1.81. The van der Waals surface area contributed by atoms with Crippen LogP contribution in [0.15, 0.2) is 0 Å². The molecule has 0 saturated heterocycles. The summed E-state index contributed by atoms with van der Waals surface area (Å²) in [7, 11) is -4.67. The van der Waals surface area contributed by atoms with E-state index >= 15 is 0 Å². The van der Waals surface area contributed by atoms with Crippen LogP contribution in [-0.2, 0) is 19.9 Å². The molecule has 0 aromatic heterocycles. The van der Waals surface area contributed by atoms with Gasteiger partial charge in [0.1, 0.15) is 6.61 Å². The molecule has 23 heavy (non-hydrogen) atoms. The Labute approximate surface area is 162 Å². The summed E-state index contributed by atoms with van der Waals surface area (Å²) in [4.78, 5) is 11.1. The molecule has 0 heterocycles. The Morgan fingerprint density at radius 2 is 1.30 bits per heavy atom. The molecular weight excluding hydrogens is 335 g/mol. The Hall–Kier alpha value is 0.300. The summed E-state index contributed by atoms with van der Waals surface area (Å²) in [6.45, 7) is 2.29. The van der Waals surface area contributed by atoms with Crippen LogP contribution in [0.4, 0.5) is 0 Å². The number of esters is 1. The zero-order valence-corrected chi connectivity index (χ0v) is 14.2. The summed E-state index contributed by atoms with van der Waals surface area (Å²) in [5.74, 6) is -0.179. The molecule has 136 valence electrons. The van der Waals surface area contributed by atoms with E-state index in [1.165, 1.54) is 44.9 Å². The molecule has 0 aliphatic carbocycles. The van der Waals surface area contributed by atoms with Gasteiger partial charge >= 0.3 is 45.9 Å². The Balaban J connectivity index is -0.000000578. The molecule has 7 nitrogen and oxygen atoms in total. The molecule has 0 amide bonds. The van der Waals surface area contributed by atoms with Crippen molar-refractivity contribution in [3.8, 4) is 0 Å². The number of hydrogen-bond acceptors (Lipinski definition) is 5. The molecular formula is C14H31NaO7S. The van der Waals surface area contributed by atoms with E-state index in [9.17, 15) is 4.79 Å². The summed E-state index contributed by atoms with van der Waals surface area (Å²) in [5.41, 5.74) is 0. The first-order valence-electron chi connectivity index (χ1n) is 7.77. The molecule has 0 bridgehead atoms. The van der Waals surface area contributed by atoms with Gasteiger partial charge in [-0.05, 0) is 6.42 Å². The normalized spacial score (nSPS) is 10.3. The zero-order chi connectivity index (χ0) is 17.3. The van der Waals surface area contributed by atoms with E-state index in [2.05, 4.69) is 6.92 Å². The number of carbonyl (C=O) groups excluding carboxylic acids is 1. The number of carbonyl (C=O) groups is 1. The Morgan fingerprint density at radius 3 is 1.70 bits per heavy atom. The second kappa shape index (κ2) is 20.3. The van der Waals surface area contributed by atoms with E-state index in [-0.39, 0.29) is 48.7 Å². The standard InChI is InChI=1S/C14H28O3.Na.H2O4S.H/c1-2-3-4-5-6-7-8-9-10-11-14(16)17-13-12-15;;1-5(2,3)4;/h15H,2-13H2,1H3;;(H2,1,2,3,4);. The molecule has 0 fully saturated rings. The Bertz CT molecular complexity index is 339. The van der Waals surface area contributed by atoms with Gasteiger partial charge in [0.25, 0.3) is 0 Å². The van der Waals surface area contributed by atoms with Gasteiger partial charge in [0.2, 0.25) is 0 Å². The molecule has 0 spiro atoms. The van der Waals surface area contributed by atoms with Crippen molar-refractivity contribution >= 4 is 45.9 Å². The minimum atomic E-state index is -4.67. The van der Waals surface area contributed by atoms with Crippen molar-refractivity contribution in [2.24, 2.45) is 0 Å². The first-order chi connectivity index (χ1) is 10.3. The Morgan fingerprint density at radius 1 is 0.913 bits per heavy atom. The van der Waals surface area contributed by atoms with Gasteiger partial charge < -0.3 is 9.84 Å². The van der Waals surface area contributed by atoms with Crippen LogP contribution < -0.4 is 0 Å². The summed E-state index contributed by atoms with van der Waals surface area (Å²) in [6, 6.07) is 0. The van der Waals surface area contributed by atoms with Crippen molar-refractivity contribution in [3.05, 3.63) is 0 Å². The maximum absolute atomic E-state index is 11.1. The molecule has 9 heteroatoms. The van der Waals surface area contributed by atoms with E-state index in [1.54, 1.807) is 0 Å². The van der Waals surface area contributed by atoms with Crippen molar-refractivity contribution < 1.29 is 32.2 Å². The van der Waals surface area contributed by atoms with E-state index in [4.69, 9.17) is 27.4 Å². The summed E-state index contributed by atoms with van der Waals surface area (Å²) in [5, 5.41) is 8.47. The average Bonchev–Trinajstić information content (AvgIpc) is 2.41. The van der Waals surface area contributed by atoms with Gasteiger partial charge in [0.15, 0.2) is 0 Å². The molecule has 0 saturated carbocycles. The average molecular weight is 366 g/mol. The summed E-state index contributed by atoms with van der Waals surface area (Å²) >= 11 is 0. The molecule has 0 aromatic rings. The van der Waals surface area contributed by atoms with Crippen LogP contribution in [0.1, 0.15) is 71.1 Å². The van der Waals surface area contributed by atoms with Gasteiger partial charge in [-0.15, -0.1) is 0 Å². The first-order valence-corrected chi connectivity index (χ1v) is 9.17. The molecule has 0 rings (SSSR count). The van der Waals surface area contributed by atoms with Crippen LogP contribution in [0, 0.1) is 0 Å². The molecule has 0 aliphatic rings. The third-order valence-corrected chi connectivity index (χ3v) is 2.84. The van der Waals surface area contributed by atoms with Crippen LogP contribution in [-0.4, -0.2) is 71.4 Å². The van der Waals surface area contributed by atoms with E-state index in [0.29, 0.717) is 6.42 Å². The fraction of sp³-hybridized carbons (Fsp3) is 0.929. The first kappa shape index (κ1) is 28.1. The van der Waals surface area contributed by atoms with Crippen molar-refractivity contribution in [2.75, 3.05) is 13.2 Å². The monoisotopic (exact) mass is 366 g/mol. The predicted octanol–water partition coefficient (Wildman–Crippen LogP) is 2.14. The van der Waals surface area contributed by atoms with Crippen LogP contribution in [0.25, 0.3) is 0 Å². The fourth-order valence-electron chi connectivity index (χ4n) is 1.81. The third kappa shape index (κ3) is 39.3. The summed E-state index contributed by atoms with van der Waals surface area (Å²) in [6.07, 6.45) is 11.7. The third-order valence-electron chi connectivity index (χ3n) is 2.84. The van der Waals surface area contributed by atoms with Crippen molar-refractivity contribution in [1.29, 1.82) is 0 Å². The van der Waals surface area contributed by atoms with Crippen LogP contribution >= 0.6 is 0 Å². The van der Waals surface area contributed by atoms with Gasteiger partial charge in [-0.25, -0.2) is 0 Å². The number of aliphatic hydroxyl groups excluding tert-OH is 1. The minimum absolute atomic E-state index is 0. The number of rotatable bonds is 12. The zero-order valence-electron chi connectivity index (χ0n) is 13.4. The van der Waals surface area contributed by atoms with E-state index < -0.39 is 10.4 Å². The van der Waals surface area contributed by atoms with E-state index in [1.807, 2.05) is 0 Å². The van der Waals surface area contributed by atoms with Crippen molar-refractivity contribution in [3.63, 3.8) is 0 Å². The molecule has 0 radical (unpaired) electrons. The second-order valence-electron chi connectivity index (χ2n) is 4.97. The van der Waals surface area contributed by atoms with Gasteiger partial charge in [0.05, 0.1) is 6.61 Å². The Kier molecular flexibility index (Phi) is 24.9. The maximum atomic E-state index is 11.1. The van der Waals surface area contributed by atoms with Gasteiger partial charge in [-0.2, -0.15) is 8.42 Å². The van der Waals surface area contributed by atoms with Crippen molar-refractivity contribution in [2.45, 2.75) is 71.1 Å². The van der Waals surface area contributed by atoms with Crippen molar-refractivity contribution in [1.82, 2.24) is 0 Å². The van der Waals surface area contributed by atoms with Crippen LogP contribution in [0.5, 0.6) is 0 Å². The van der Waals surface area contributed by atoms with E-state index in [0.717, 1.165) is 12.8 Å². The number of unbranched alkanes of at least 4 members (excludes halogenated alkanes) is 8. The predicted molar refractivity (Wildman–Crippen MR) is 91.2 cm³/mol. The second-order valence-corrected chi connectivity index (χ2v) is 5.87. The SMILES string of the molecule is CCCCCCCCCCCC(=O)OCCO.O=S(=O)(O)O.[NaH].